The maximum Gasteiger partial charge on any atom is 0.144 e. The van der Waals surface area contributed by atoms with E-state index in [1.807, 2.05) is 0 Å². The average Bonchev–Trinajstić information content (AvgIpc) is 2.22. The maximum atomic E-state index is 9.83. The molecule has 5 heteroatoms. The number of aromatic hydroxyl groups is 1. The van der Waals surface area contributed by atoms with Crippen LogP contribution in [0.15, 0.2) is 6.07 Å². The van der Waals surface area contributed by atoms with Gasteiger partial charge in [0.2, 0.25) is 0 Å². The lowest BCUT2D eigenvalue weighted by atomic mass is 10.1. The zero-order valence-electron chi connectivity index (χ0n) is 8.93. The van der Waals surface area contributed by atoms with Gasteiger partial charge in [-0.3, -0.25) is 0 Å². The molecule has 84 valence electrons. The lowest BCUT2D eigenvalue weighted by Gasteiger charge is -2.13. The Bertz CT molecular complexity index is 355. The van der Waals surface area contributed by atoms with E-state index in [1.54, 1.807) is 13.0 Å². The summed E-state index contributed by atoms with van der Waals surface area (Å²) in [6.45, 7) is 2.13. The van der Waals surface area contributed by atoms with Crippen molar-refractivity contribution in [3.8, 4) is 11.5 Å². The van der Waals surface area contributed by atoms with Crippen LogP contribution in [0.1, 0.15) is 11.1 Å². The number of rotatable bonds is 4. The molecule has 2 N–H and O–H groups in total. The zero-order chi connectivity index (χ0) is 11.4. The highest BCUT2D eigenvalue weighted by Gasteiger charge is 2.13. The summed E-state index contributed by atoms with van der Waals surface area (Å²) in [5.74, 6) is 0.663. The third-order valence-electron chi connectivity index (χ3n) is 2.13. The highest BCUT2D eigenvalue weighted by atomic mass is 35.5. The van der Waals surface area contributed by atoms with Crippen molar-refractivity contribution in [3.63, 3.8) is 0 Å². The lowest BCUT2D eigenvalue weighted by molar-refractivity contribution is 0.0861. The fraction of sp³-hybridized carbons (Fsp3) is 0.400. The third-order valence-corrected chi connectivity index (χ3v) is 2.41. The van der Waals surface area contributed by atoms with E-state index in [0.717, 1.165) is 0 Å². The van der Waals surface area contributed by atoms with Gasteiger partial charge in [0.05, 0.1) is 19.2 Å². The van der Waals surface area contributed by atoms with Gasteiger partial charge in [-0.2, -0.15) is 5.48 Å². The number of hydroxylamine groups is 1. The first-order valence-electron chi connectivity index (χ1n) is 4.42. The van der Waals surface area contributed by atoms with Crippen molar-refractivity contribution in [1.29, 1.82) is 0 Å². The molecule has 0 aliphatic heterocycles. The fourth-order valence-corrected chi connectivity index (χ4v) is 1.70. The molecule has 0 radical (unpaired) electrons. The molecule has 0 fully saturated rings. The van der Waals surface area contributed by atoms with E-state index in [4.69, 9.17) is 21.2 Å². The Morgan fingerprint density at radius 2 is 2.13 bits per heavy atom. The first-order valence-corrected chi connectivity index (χ1v) is 4.80. The van der Waals surface area contributed by atoms with Crippen molar-refractivity contribution in [3.05, 3.63) is 22.2 Å². The molecule has 0 unspecified atom stereocenters. The molecule has 0 aliphatic carbocycles. The Balaban J connectivity index is 3.10. The normalized spacial score (nSPS) is 10.4. The van der Waals surface area contributed by atoms with Gasteiger partial charge in [-0.15, -0.1) is 0 Å². The first kappa shape index (κ1) is 12.1. The minimum Gasteiger partial charge on any atom is -0.507 e. The highest BCUT2D eigenvalue weighted by Crippen LogP contribution is 2.36. The molecule has 0 amide bonds. The molecule has 0 heterocycles. The fourth-order valence-electron chi connectivity index (χ4n) is 1.35. The van der Waals surface area contributed by atoms with Gasteiger partial charge in [0, 0.05) is 17.7 Å². The largest absolute Gasteiger partial charge is 0.507 e. The summed E-state index contributed by atoms with van der Waals surface area (Å²) in [6.07, 6.45) is 0. The van der Waals surface area contributed by atoms with Crippen LogP contribution < -0.4 is 10.2 Å². The van der Waals surface area contributed by atoms with Gasteiger partial charge in [0.1, 0.15) is 11.5 Å². The first-order chi connectivity index (χ1) is 7.11. The zero-order valence-corrected chi connectivity index (χ0v) is 9.68. The van der Waals surface area contributed by atoms with Crippen LogP contribution in [0.4, 0.5) is 0 Å². The summed E-state index contributed by atoms with van der Waals surface area (Å²) in [4.78, 5) is 4.70. The SMILES string of the molecule is CONCc1cc(Cl)c(OC)c(C)c1O. The van der Waals surface area contributed by atoms with Crippen LogP contribution in [0.5, 0.6) is 11.5 Å². The summed E-state index contributed by atoms with van der Waals surface area (Å²) in [7, 11) is 3.02. The van der Waals surface area contributed by atoms with Crippen LogP contribution in [-0.4, -0.2) is 19.3 Å². The van der Waals surface area contributed by atoms with Crippen LogP contribution in [0, 0.1) is 6.92 Å². The number of benzene rings is 1. The van der Waals surface area contributed by atoms with Gasteiger partial charge in [0.25, 0.3) is 0 Å². The minimum absolute atomic E-state index is 0.167. The minimum atomic E-state index is 0.167. The van der Waals surface area contributed by atoms with Crippen LogP contribution >= 0.6 is 11.6 Å². The molecule has 0 spiro atoms. The number of phenolic OH excluding ortho intramolecular Hbond substituents is 1. The molecule has 0 aromatic heterocycles. The Hall–Kier alpha value is -0.970. The lowest BCUT2D eigenvalue weighted by Crippen LogP contribution is -2.11. The van der Waals surface area contributed by atoms with Gasteiger partial charge in [0.15, 0.2) is 0 Å². The smallest absolute Gasteiger partial charge is 0.144 e. The Morgan fingerprint density at radius 1 is 1.47 bits per heavy atom. The van der Waals surface area contributed by atoms with Crippen molar-refractivity contribution in [2.24, 2.45) is 0 Å². The molecule has 15 heavy (non-hydrogen) atoms. The molecular weight excluding hydrogens is 218 g/mol. The molecule has 1 aromatic rings. The molecule has 0 saturated carbocycles. The Morgan fingerprint density at radius 3 is 2.67 bits per heavy atom. The number of hydrogen-bond acceptors (Lipinski definition) is 4. The van der Waals surface area contributed by atoms with Gasteiger partial charge in [-0.1, -0.05) is 11.6 Å². The quantitative estimate of drug-likeness (QED) is 0.779. The van der Waals surface area contributed by atoms with E-state index >= 15 is 0 Å². The number of ether oxygens (including phenoxy) is 1. The van der Waals surface area contributed by atoms with E-state index < -0.39 is 0 Å². The molecule has 4 nitrogen and oxygen atoms in total. The van der Waals surface area contributed by atoms with Crippen LogP contribution in [0.3, 0.4) is 0 Å². The molecule has 0 saturated heterocycles. The molecule has 1 aromatic carbocycles. The second kappa shape index (κ2) is 5.21. The third kappa shape index (κ3) is 2.53. The standard InChI is InChI=1S/C10H14ClNO3/c1-6-9(13)7(5-12-15-3)4-8(11)10(6)14-2/h4,12-13H,5H2,1-3H3. The monoisotopic (exact) mass is 231 g/mol. The number of phenols is 1. The summed E-state index contributed by atoms with van der Waals surface area (Å²) >= 11 is 5.98. The summed E-state index contributed by atoms with van der Waals surface area (Å²) in [6, 6.07) is 1.65. The van der Waals surface area contributed by atoms with Gasteiger partial charge < -0.3 is 14.7 Å². The predicted octanol–water partition coefficient (Wildman–Crippen LogP) is 2.01. The second-order valence-electron chi connectivity index (χ2n) is 3.05. The average molecular weight is 232 g/mol. The predicted molar refractivity (Wildman–Crippen MR) is 58.3 cm³/mol. The molecule has 0 bridgehead atoms. The van der Waals surface area contributed by atoms with Crippen LogP contribution in [0.2, 0.25) is 5.02 Å². The van der Waals surface area contributed by atoms with Crippen molar-refractivity contribution in [2.75, 3.05) is 14.2 Å². The maximum absolute atomic E-state index is 9.83. The summed E-state index contributed by atoms with van der Waals surface area (Å²) in [5, 5.41) is 10.3. The van der Waals surface area contributed by atoms with E-state index in [2.05, 4.69) is 5.48 Å². The number of hydrogen-bond donors (Lipinski definition) is 2. The van der Waals surface area contributed by atoms with Crippen molar-refractivity contribution < 1.29 is 14.7 Å². The highest BCUT2D eigenvalue weighted by molar-refractivity contribution is 6.32. The number of halogens is 1. The Kier molecular flexibility index (Phi) is 4.20. The van der Waals surface area contributed by atoms with Crippen molar-refractivity contribution in [1.82, 2.24) is 5.48 Å². The molecule has 0 atom stereocenters. The van der Waals surface area contributed by atoms with Crippen LogP contribution in [-0.2, 0) is 11.4 Å². The van der Waals surface area contributed by atoms with Crippen LogP contribution in [0.25, 0.3) is 0 Å². The summed E-state index contributed by atoms with van der Waals surface area (Å²) < 4.78 is 5.07. The second-order valence-corrected chi connectivity index (χ2v) is 3.46. The van der Waals surface area contributed by atoms with E-state index in [-0.39, 0.29) is 5.75 Å². The van der Waals surface area contributed by atoms with Crippen molar-refractivity contribution >= 4 is 11.6 Å². The number of methoxy groups -OCH3 is 1. The van der Waals surface area contributed by atoms with E-state index in [9.17, 15) is 5.11 Å². The van der Waals surface area contributed by atoms with Gasteiger partial charge >= 0.3 is 0 Å². The topological polar surface area (TPSA) is 50.7 Å². The van der Waals surface area contributed by atoms with E-state index in [1.165, 1.54) is 14.2 Å². The molecule has 1 rings (SSSR count). The number of nitrogens with one attached hydrogen (secondary N) is 1. The van der Waals surface area contributed by atoms with Crippen molar-refractivity contribution in [2.45, 2.75) is 13.5 Å². The van der Waals surface area contributed by atoms with Gasteiger partial charge in [-0.05, 0) is 13.0 Å². The molecule has 0 aliphatic rings. The Labute approximate surface area is 93.7 Å². The summed E-state index contributed by atoms with van der Waals surface area (Å²) in [5.41, 5.74) is 3.93. The molecular formula is C10H14ClNO3. The van der Waals surface area contributed by atoms with E-state index in [0.29, 0.717) is 28.4 Å². The van der Waals surface area contributed by atoms with Gasteiger partial charge in [-0.25, -0.2) is 0 Å².